The fourth-order valence-corrected chi connectivity index (χ4v) is 4.14. The Kier molecular flexibility index (Phi) is 5.83. The maximum Gasteiger partial charge on any atom is 0.434 e. The molecule has 0 saturated heterocycles. The fraction of sp³-hybridized carbons (Fsp3) is 0.524. The third-order valence-electron chi connectivity index (χ3n) is 5.60. The Hall–Kier alpha value is -3.11. The SMILES string of the molecule is Cc1cc(Nc2nc([C@@H]3CCCC(C(=O)NC(C)C)C3)cc3nc(C(F)(F)F)cn23)n[nH]1. The van der Waals surface area contributed by atoms with Crippen LogP contribution in [-0.2, 0) is 11.0 Å². The number of anilines is 2. The predicted molar refractivity (Wildman–Crippen MR) is 113 cm³/mol. The molecule has 1 aliphatic rings. The van der Waals surface area contributed by atoms with Crippen molar-refractivity contribution in [1.82, 2.24) is 29.9 Å². The summed E-state index contributed by atoms with van der Waals surface area (Å²) in [5, 5.41) is 12.8. The number of nitrogens with zero attached hydrogens (tertiary/aromatic N) is 4. The number of aromatic amines is 1. The molecular weight excluding hydrogens is 423 g/mol. The number of rotatable bonds is 5. The van der Waals surface area contributed by atoms with Crippen molar-refractivity contribution in [3.05, 3.63) is 35.4 Å². The third-order valence-corrected chi connectivity index (χ3v) is 5.60. The summed E-state index contributed by atoms with van der Waals surface area (Å²) in [5.74, 6) is 0.444. The van der Waals surface area contributed by atoms with Crippen molar-refractivity contribution >= 4 is 23.3 Å². The largest absolute Gasteiger partial charge is 0.434 e. The number of amides is 1. The highest BCUT2D eigenvalue weighted by Crippen LogP contribution is 2.37. The van der Waals surface area contributed by atoms with Crippen LogP contribution in [0.5, 0.6) is 0 Å². The second-order valence-electron chi connectivity index (χ2n) is 8.64. The number of carbonyl (C=O) groups is 1. The number of halogens is 3. The quantitative estimate of drug-likeness (QED) is 0.539. The molecule has 0 aromatic carbocycles. The lowest BCUT2D eigenvalue weighted by atomic mass is 9.79. The van der Waals surface area contributed by atoms with Crippen molar-refractivity contribution in [1.29, 1.82) is 0 Å². The molecule has 1 amide bonds. The van der Waals surface area contributed by atoms with Crippen LogP contribution in [0, 0.1) is 12.8 Å². The molecule has 4 rings (SSSR count). The minimum atomic E-state index is -4.57. The molecule has 1 unspecified atom stereocenters. The Morgan fingerprint density at radius 3 is 2.69 bits per heavy atom. The van der Waals surface area contributed by atoms with Gasteiger partial charge in [-0.1, -0.05) is 6.42 Å². The highest BCUT2D eigenvalue weighted by Gasteiger charge is 2.35. The van der Waals surface area contributed by atoms with Crippen LogP contribution in [-0.4, -0.2) is 36.5 Å². The zero-order valence-corrected chi connectivity index (χ0v) is 18.1. The predicted octanol–water partition coefficient (Wildman–Crippen LogP) is 4.32. The second-order valence-corrected chi connectivity index (χ2v) is 8.64. The lowest BCUT2D eigenvalue weighted by Gasteiger charge is -2.29. The third kappa shape index (κ3) is 4.71. The summed E-state index contributed by atoms with van der Waals surface area (Å²) in [6, 6.07) is 3.37. The van der Waals surface area contributed by atoms with Crippen molar-refractivity contribution < 1.29 is 18.0 Å². The zero-order chi connectivity index (χ0) is 23.0. The van der Waals surface area contributed by atoms with E-state index in [1.165, 1.54) is 4.40 Å². The van der Waals surface area contributed by atoms with Gasteiger partial charge >= 0.3 is 6.18 Å². The molecule has 3 heterocycles. The molecule has 0 bridgehead atoms. The molecule has 32 heavy (non-hydrogen) atoms. The summed E-state index contributed by atoms with van der Waals surface area (Å²) in [6.07, 6.45) is -0.614. The van der Waals surface area contributed by atoms with Gasteiger partial charge in [0.2, 0.25) is 11.9 Å². The Labute approximate surface area is 183 Å². The summed E-state index contributed by atoms with van der Waals surface area (Å²) in [7, 11) is 0. The minimum absolute atomic E-state index is 0.0105. The first-order chi connectivity index (χ1) is 15.1. The summed E-state index contributed by atoms with van der Waals surface area (Å²) in [4.78, 5) is 21.0. The Morgan fingerprint density at radius 1 is 1.25 bits per heavy atom. The minimum Gasteiger partial charge on any atom is -0.354 e. The van der Waals surface area contributed by atoms with E-state index in [1.54, 1.807) is 12.1 Å². The van der Waals surface area contributed by atoms with Gasteiger partial charge in [0.25, 0.3) is 0 Å². The normalized spacial score (nSPS) is 19.5. The molecule has 0 aliphatic heterocycles. The van der Waals surface area contributed by atoms with E-state index in [0.29, 0.717) is 17.9 Å². The molecule has 0 spiro atoms. The van der Waals surface area contributed by atoms with E-state index in [9.17, 15) is 18.0 Å². The molecule has 0 radical (unpaired) electrons. The van der Waals surface area contributed by atoms with Gasteiger partial charge < -0.3 is 10.6 Å². The molecule has 1 saturated carbocycles. The topological polar surface area (TPSA) is 100 Å². The molecule has 172 valence electrons. The highest BCUT2D eigenvalue weighted by molar-refractivity contribution is 5.79. The molecule has 3 N–H and O–H groups in total. The number of carbonyl (C=O) groups excluding carboxylic acids is 1. The lowest BCUT2D eigenvalue weighted by Crippen LogP contribution is -2.37. The number of aromatic nitrogens is 5. The fourth-order valence-electron chi connectivity index (χ4n) is 4.14. The van der Waals surface area contributed by atoms with Gasteiger partial charge in [-0.15, -0.1) is 0 Å². The maximum absolute atomic E-state index is 13.3. The number of hydrogen-bond donors (Lipinski definition) is 3. The first-order valence-corrected chi connectivity index (χ1v) is 10.7. The first-order valence-electron chi connectivity index (χ1n) is 10.7. The summed E-state index contributed by atoms with van der Waals surface area (Å²) in [6.45, 7) is 5.65. The van der Waals surface area contributed by atoms with E-state index in [0.717, 1.165) is 31.2 Å². The van der Waals surface area contributed by atoms with Gasteiger partial charge in [-0.3, -0.25) is 14.3 Å². The molecule has 3 aromatic heterocycles. The van der Waals surface area contributed by atoms with E-state index < -0.39 is 11.9 Å². The van der Waals surface area contributed by atoms with Crippen LogP contribution < -0.4 is 10.6 Å². The number of imidazole rings is 1. The molecular formula is C21H26F3N7O. The number of fused-ring (bicyclic) bond motifs is 1. The van der Waals surface area contributed by atoms with Crippen LogP contribution in [0.15, 0.2) is 18.3 Å². The van der Waals surface area contributed by atoms with Gasteiger partial charge in [0, 0.05) is 41.9 Å². The van der Waals surface area contributed by atoms with E-state index in [1.807, 2.05) is 20.8 Å². The maximum atomic E-state index is 13.3. The zero-order valence-electron chi connectivity index (χ0n) is 18.1. The van der Waals surface area contributed by atoms with Gasteiger partial charge in [-0.2, -0.15) is 18.3 Å². The highest BCUT2D eigenvalue weighted by atomic mass is 19.4. The Bertz CT molecular complexity index is 1120. The van der Waals surface area contributed by atoms with Gasteiger partial charge in [-0.05, 0) is 40.0 Å². The average molecular weight is 449 g/mol. The van der Waals surface area contributed by atoms with E-state index in [2.05, 4.69) is 30.8 Å². The number of hydrogen-bond acceptors (Lipinski definition) is 5. The number of nitrogens with one attached hydrogen (secondary N) is 3. The van der Waals surface area contributed by atoms with Crippen molar-refractivity contribution in [3.63, 3.8) is 0 Å². The van der Waals surface area contributed by atoms with Crippen molar-refractivity contribution in [2.45, 2.75) is 64.6 Å². The van der Waals surface area contributed by atoms with Crippen molar-refractivity contribution in [2.24, 2.45) is 5.92 Å². The Balaban J connectivity index is 1.70. The first kappa shape index (κ1) is 22.1. The van der Waals surface area contributed by atoms with Crippen LogP contribution in [0.4, 0.5) is 24.9 Å². The molecule has 2 atom stereocenters. The Morgan fingerprint density at radius 2 is 2.03 bits per heavy atom. The number of aryl methyl sites for hydroxylation is 1. The average Bonchev–Trinajstić information content (AvgIpc) is 3.33. The van der Waals surface area contributed by atoms with Crippen LogP contribution in [0.25, 0.3) is 5.65 Å². The summed E-state index contributed by atoms with van der Waals surface area (Å²) < 4.78 is 41.2. The van der Waals surface area contributed by atoms with E-state index >= 15 is 0 Å². The smallest absolute Gasteiger partial charge is 0.354 e. The van der Waals surface area contributed by atoms with Crippen LogP contribution >= 0.6 is 0 Å². The van der Waals surface area contributed by atoms with E-state index in [4.69, 9.17) is 0 Å². The number of alkyl halides is 3. The van der Waals surface area contributed by atoms with Crippen LogP contribution in [0.1, 0.15) is 62.5 Å². The van der Waals surface area contributed by atoms with Gasteiger partial charge in [-0.25, -0.2) is 9.97 Å². The van der Waals surface area contributed by atoms with Gasteiger partial charge in [0.1, 0.15) is 5.65 Å². The molecule has 1 fully saturated rings. The van der Waals surface area contributed by atoms with Gasteiger partial charge in [0.05, 0.1) is 5.69 Å². The second kappa shape index (κ2) is 8.44. The molecule has 11 heteroatoms. The summed E-state index contributed by atoms with van der Waals surface area (Å²) >= 11 is 0. The summed E-state index contributed by atoms with van der Waals surface area (Å²) in [5.41, 5.74) is 0.572. The van der Waals surface area contributed by atoms with Crippen molar-refractivity contribution in [3.8, 4) is 0 Å². The van der Waals surface area contributed by atoms with Crippen LogP contribution in [0.2, 0.25) is 0 Å². The standard InChI is InChI=1S/C21H26F3N7O/c1-11(2)25-19(32)14-6-4-5-13(8-14)15-9-18-27-16(21(22,23)24)10-31(18)20(26-15)28-17-7-12(3)29-30-17/h7,9-11,13-14H,4-6,8H2,1-3H3,(H,25,32)(H2,26,28,29,30)/t13-,14?/m1/s1. The van der Waals surface area contributed by atoms with Crippen LogP contribution in [0.3, 0.4) is 0 Å². The molecule has 8 nitrogen and oxygen atoms in total. The molecule has 3 aromatic rings. The van der Waals surface area contributed by atoms with E-state index in [-0.39, 0.29) is 35.4 Å². The monoisotopic (exact) mass is 449 g/mol. The number of H-pyrrole nitrogens is 1. The van der Waals surface area contributed by atoms with Crippen molar-refractivity contribution in [2.75, 3.05) is 5.32 Å². The molecule has 1 aliphatic carbocycles. The van der Waals surface area contributed by atoms with Gasteiger partial charge in [0.15, 0.2) is 11.5 Å². The lowest BCUT2D eigenvalue weighted by molar-refractivity contribution is -0.140.